The van der Waals surface area contributed by atoms with Crippen molar-refractivity contribution in [2.45, 2.75) is 19.8 Å². The van der Waals surface area contributed by atoms with E-state index in [2.05, 4.69) is 31.9 Å². The second-order valence-corrected chi connectivity index (χ2v) is 7.35. The van der Waals surface area contributed by atoms with Gasteiger partial charge in [0.15, 0.2) is 5.96 Å². The molecule has 2 aliphatic rings. The number of guanidine groups is 1. The summed E-state index contributed by atoms with van der Waals surface area (Å²) >= 11 is 0. The molecule has 0 bridgehead atoms. The summed E-state index contributed by atoms with van der Waals surface area (Å²) in [6.07, 6.45) is 2.52. The van der Waals surface area contributed by atoms with E-state index >= 15 is 0 Å². The molecule has 6 nitrogen and oxygen atoms in total. The minimum absolute atomic E-state index is 0.362. The minimum atomic E-state index is 0.362. The molecule has 0 saturated carbocycles. The van der Waals surface area contributed by atoms with Crippen molar-refractivity contribution in [2.75, 3.05) is 64.3 Å². The molecule has 6 heteroatoms. The molecule has 0 aromatic heterocycles. The molecule has 2 saturated heterocycles. The number of aromatic hydroxyl groups is 1. The molecule has 144 valence electrons. The van der Waals surface area contributed by atoms with Gasteiger partial charge in [-0.2, -0.15) is 0 Å². The van der Waals surface area contributed by atoms with Crippen molar-refractivity contribution in [3.8, 4) is 5.75 Å². The standard InChI is InChI=1S/C20H33N5O/c1-3-9-23-10-8-17(16-23)15-22-20(21-2)25-13-11-24(12-14-25)18-6-4-5-7-19(18)26/h4-7,17,26H,3,8-16H2,1-2H3,(H,21,22). The molecular formula is C20H33N5O. The molecule has 2 heterocycles. The summed E-state index contributed by atoms with van der Waals surface area (Å²) in [7, 11) is 1.87. The van der Waals surface area contributed by atoms with Crippen molar-refractivity contribution in [1.29, 1.82) is 0 Å². The van der Waals surface area contributed by atoms with Crippen LogP contribution in [0, 0.1) is 5.92 Å². The van der Waals surface area contributed by atoms with Crippen LogP contribution in [0.3, 0.4) is 0 Å². The van der Waals surface area contributed by atoms with Crippen molar-refractivity contribution < 1.29 is 5.11 Å². The van der Waals surface area contributed by atoms with Crippen molar-refractivity contribution in [3.63, 3.8) is 0 Å². The number of nitrogens with one attached hydrogen (secondary N) is 1. The monoisotopic (exact) mass is 359 g/mol. The van der Waals surface area contributed by atoms with Gasteiger partial charge in [-0.05, 0) is 44.0 Å². The second kappa shape index (κ2) is 9.12. The van der Waals surface area contributed by atoms with Crippen molar-refractivity contribution in [1.82, 2.24) is 15.1 Å². The van der Waals surface area contributed by atoms with Crippen LogP contribution in [0.2, 0.25) is 0 Å². The van der Waals surface area contributed by atoms with Crippen LogP contribution < -0.4 is 10.2 Å². The van der Waals surface area contributed by atoms with Crippen LogP contribution in [-0.2, 0) is 0 Å². The minimum Gasteiger partial charge on any atom is -0.506 e. The Bertz CT molecular complexity index is 598. The van der Waals surface area contributed by atoms with E-state index in [0.717, 1.165) is 50.3 Å². The highest BCUT2D eigenvalue weighted by atomic mass is 16.3. The molecule has 0 aliphatic carbocycles. The highest BCUT2D eigenvalue weighted by Gasteiger charge is 2.24. The van der Waals surface area contributed by atoms with E-state index in [1.165, 1.54) is 32.5 Å². The van der Waals surface area contributed by atoms with Gasteiger partial charge in [-0.3, -0.25) is 4.99 Å². The molecule has 3 rings (SSSR count). The van der Waals surface area contributed by atoms with Gasteiger partial charge < -0.3 is 25.1 Å². The maximum absolute atomic E-state index is 10.1. The number of anilines is 1. The Morgan fingerprint density at radius 2 is 1.96 bits per heavy atom. The van der Waals surface area contributed by atoms with Gasteiger partial charge in [0.2, 0.25) is 0 Å². The number of phenols is 1. The summed E-state index contributed by atoms with van der Waals surface area (Å²) in [5.41, 5.74) is 0.928. The molecule has 0 spiro atoms. The maximum Gasteiger partial charge on any atom is 0.193 e. The fourth-order valence-electron chi connectivity index (χ4n) is 4.06. The largest absolute Gasteiger partial charge is 0.506 e. The van der Waals surface area contributed by atoms with Crippen LogP contribution >= 0.6 is 0 Å². The van der Waals surface area contributed by atoms with E-state index < -0.39 is 0 Å². The Balaban J connectivity index is 1.46. The second-order valence-electron chi connectivity index (χ2n) is 7.35. The highest BCUT2D eigenvalue weighted by molar-refractivity contribution is 5.80. The Kier molecular flexibility index (Phi) is 6.61. The smallest absolute Gasteiger partial charge is 0.193 e. The van der Waals surface area contributed by atoms with Gasteiger partial charge in [-0.25, -0.2) is 0 Å². The number of hydrogen-bond donors (Lipinski definition) is 2. The first-order chi connectivity index (χ1) is 12.7. The van der Waals surface area contributed by atoms with Crippen LogP contribution in [0.1, 0.15) is 19.8 Å². The van der Waals surface area contributed by atoms with E-state index in [1.807, 2.05) is 25.2 Å². The number of nitrogens with zero attached hydrogens (tertiary/aromatic N) is 4. The highest BCUT2D eigenvalue weighted by Crippen LogP contribution is 2.27. The summed E-state index contributed by atoms with van der Waals surface area (Å²) < 4.78 is 0. The lowest BCUT2D eigenvalue weighted by molar-refractivity contribution is 0.322. The SMILES string of the molecule is CCCN1CCC(CNC(=NC)N2CCN(c3ccccc3O)CC2)C1. The van der Waals surface area contributed by atoms with Crippen LogP contribution in [0.5, 0.6) is 5.75 Å². The van der Waals surface area contributed by atoms with E-state index in [-0.39, 0.29) is 0 Å². The Morgan fingerprint density at radius 1 is 1.19 bits per heavy atom. The molecule has 0 amide bonds. The summed E-state index contributed by atoms with van der Waals surface area (Å²) in [6, 6.07) is 7.59. The maximum atomic E-state index is 10.1. The molecule has 2 fully saturated rings. The fourth-order valence-corrected chi connectivity index (χ4v) is 4.06. The zero-order valence-electron chi connectivity index (χ0n) is 16.2. The first kappa shape index (κ1) is 18.8. The lowest BCUT2D eigenvalue weighted by Gasteiger charge is -2.38. The number of benzene rings is 1. The summed E-state index contributed by atoms with van der Waals surface area (Å²) in [4.78, 5) is 11.6. The Labute approximate surface area is 157 Å². The van der Waals surface area contributed by atoms with Crippen LogP contribution in [0.25, 0.3) is 0 Å². The van der Waals surface area contributed by atoms with Crippen LogP contribution in [-0.4, -0.2) is 80.3 Å². The van der Waals surface area contributed by atoms with E-state index in [4.69, 9.17) is 0 Å². The van der Waals surface area contributed by atoms with E-state index in [1.54, 1.807) is 6.07 Å². The molecule has 0 radical (unpaired) electrons. The van der Waals surface area contributed by atoms with Gasteiger partial charge in [0.1, 0.15) is 5.75 Å². The number of rotatable bonds is 5. The molecule has 1 aromatic carbocycles. The Morgan fingerprint density at radius 3 is 2.65 bits per heavy atom. The van der Waals surface area contributed by atoms with Gasteiger partial charge >= 0.3 is 0 Å². The average molecular weight is 360 g/mol. The third-order valence-corrected chi connectivity index (χ3v) is 5.47. The van der Waals surface area contributed by atoms with Crippen molar-refractivity contribution in [3.05, 3.63) is 24.3 Å². The van der Waals surface area contributed by atoms with Gasteiger partial charge in [-0.15, -0.1) is 0 Å². The van der Waals surface area contributed by atoms with Crippen molar-refractivity contribution in [2.24, 2.45) is 10.9 Å². The van der Waals surface area contributed by atoms with E-state index in [9.17, 15) is 5.11 Å². The Hall–Kier alpha value is -1.95. The first-order valence-corrected chi connectivity index (χ1v) is 9.92. The fraction of sp³-hybridized carbons (Fsp3) is 0.650. The first-order valence-electron chi connectivity index (χ1n) is 9.92. The average Bonchev–Trinajstić information content (AvgIpc) is 3.11. The number of aliphatic imine (C=N–C) groups is 1. The van der Waals surface area contributed by atoms with Gasteiger partial charge in [0, 0.05) is 46.3 Å². The summed E-state index contributed by atoms with van der Waals surface area (Å²) in [6.45, 7) is 10.5. The van der Waals surface area contributed by atoms with E-state index in [0.29, 0.717) is 5.75 Å². The molecule has 1 aromatic rings. The molecule has 2 aliphatic heterocycles. The third-order valence-electron chi connectivity index (χ3n) is 5.47. The van der Waals surface area contributed by atoms with Gasteiger partial charge in [0.25, 0.3) is 0 Å². The number of piperazine rings is 1. The van der Waals surface area contributed by atoms with Gasteiger partial charge in [-0.1, -0.05) is 19.1 Å². The molecule has 1 unspecified atom stereocenters. The number of hydrogen-bond acceptors (Lipinski definition) is 4. The molecular weight excluding hydrogens is 326 g/mol. The quantitative estimate of drug-likeness (QED) is 0.620. The van der Waals surface area contributed by atoms with Crippen molar-refractivity contribution >= 4 is 11.6 Å². The zero-order chi connectivity index (χ0) is 18.4. The molecule has 2 N–H and O–H groups in total. The normalized spacial score (nSPS) is 22.1. The van der Waals surface area contributed by atoms with Crippen LogP contribution in [0.4, 0.5) is 5.69 Å². The molecule has 26 heavy (non-hydrogen) atoms. The van der Waals surface area contributed by atoms with Gasteiger partial charge in [0.05, 0.1) is 5.69 Å². The lowest BCUT2D eigenvalue weighted by atomic mass is 10.1. The predicted octanol–water partition coefficient (Wildman–Crippen LogP) is 1.82. The molecule has 1 atom stereocenters. The third kappa shape index (κ3) is 4.61. The lowest BCUT2D eigenvalue weighted by Crippen LogP contribution is -2.53. The number of likely N-dealkylation sites (tertiary alicyclic amines) is 1. The number of phenolic OH excluding ortho intramolecular Hbond substituents is 1. The van der Waals surface area contributed by atoms with Crippen LogP contribution in [0.15, 0.2) is 29.3 Å². The number of para-hydroxylation sites is 2. The zero-order valence-corrected chi connectivity index (χ0v) is 16.2. The summed E-state index contributed by atoms with van der Waals surface area (Å²) in [5.74, 6) is 2.10. The summed E-state index contributed by atoms with van der Waals surface area (Å²) in [5, 5.41) is 13.6. The topological polar surface area (TPSA) is 54.3 Å². The predicted molar refractivity (Wildman–Crippen MR) is 108 cm³/mol.